The lowest BCUT2D eigenvalue weighted by Crippen LogP contribution is -2.36. The molecular weight excluding hydrogens is 422 g/mol. The number of pyridine rings is 1. The maximum absolute atomic E-state index is 12.1. The van der Waals surface area contributed by atoms with Crippen molar-refractivity contribution in [2.75, 3.05) is 42.8 Å². The molecule has 1 atom stereocenters. The lowest BCUT2D eigenvalue weighted by atomic mass is 10.1. The number of anilines is 3. The Kier molecular flexibility index (Phi) is 5.32. The van der Waals surface area contributed by atoms with Crippen LogP contribution in [0.5, 0.6) is 0 Å². The van der Waals surface area contributed by atoms with E-state index < -0.39 is 9.52 Å². The zero-order chi connectivity index (χ0) is 22.1. The Balaban J connectivity index is 1.34. The highest BCUT2D eigenvalue weighted by molar-refractivity contribution is 7.99. The number of morpholine rings is 1. The van der Waals surface area contributed by atoms with Gasteiger partial charge in [-0.1, -0.05) is 12.1 Å². The quantitative estimate of drug-likeness (QED) is 0.471. The van der Waals surface area contributed by atoms with Crippen LogP contribution in [-0.4, -0.2) is 57.2 Å². The largest absolute Gasteiger partial charge is 0.378 e. The van der Waals surface area contributed by atoms with Gasteiger partial charge in [0.2, 0.25) is 5.95 Å². The second-order valence-corrected chi connectivity index (χ2v) is 10.4. The third-order valence-corrected chi connectivity index (χ3v) is 6.79. The first kappa shape index (κ1) is 20.5. The first-order valence-corrected chi connectivity index (χ1v) is 12.6. The molecule has 0 spiro atoms. The third-order valence-electron chi connectivity index (χ3n) is 5.52. The molecule has 1 N–H and O–H groups in total. The number of nitrogens with zero attached hydrogens (tertiary/aromatic N) is 4. The SMILES string of the molecule is C=S(C)(=O)c1ccc(-c2ccc3nc(Nc4ccc(N5CCOCC5)cc4)nn3c2)cc1. The van der Waals surface area contributed by atoms with Crippen molar-refractivity contribution in [3.05, 3.63) is 66.9 Å². The van der Waals surface area contributed by atoms with Gasteiger partial charge in [-0.3, -0.25) is 4.21 Å². The fourth-order valence-electron chi connectivity index (χ4n) is 3.75. The van der Waals surface area contributed by atoms with E-state index in [9.17, 15) is 4.21 Å². The van der Waals surface area contributed by atoms with Crippen LogP contribution in [0.4, 0.5) is 17.3 Å². The number of benzene rings is 2. The first-order chi connectivity index (χ1) is 15.5. The molecule has 32 heavy (non-hydrogen) atoms. The van der Waals surface area contributed by atoms with Crippen LogP contribution in [-0.2, 0) is 14.3 Å². The smallest absolute Gasteiger partial charge is 0.247 e. The highest BCUT2D eigenvalue weighted by Gasteiger charge is 2.11. The van der Waals surface area contributed by atoms with Crippen LogP contribution in [0.25, 0.3) is 16.8 Å². The lowest BCUT2D eigenvalue weighted by molar-refractivity contribution is 0.122. The molecule has 5 rings (SSSR count). The predicted molar refractivity (Wildman–Crippen MR) is 131 cm³/mol. The highest BCUT2D eigenvalue weighted by Crippen LogP contribution is 2.24. The average molecular weight is 448 g/mol. The summed E-state index contributed by atoms with van der Waals surface area (Å²) >= 11 is 0. The standard InChI is InChI=1S/C24H25N5O2S/c1-32(2,30)22-10-3-18(4-11-22)19-5-12-23-26-24(27-29(23)17-19)25-20-6-8-21(9-7-20)28-13-15-31-16-14-28/h3-12,17H,1,13-16H2,2H3,(H,25,27). The second kappa shape index (κ2) is 8.29. The van der Waals surface area contributed by atoms with Gasteiger partial charge in [0.1, 0.15) is 0 Å². The van der Waals surface area contributed by atoms with Crippen LogP contribution < -0.4 is 10.2 Å². The minimum atomic E-state index is -2.22. The summed E-state index contributed by atoms with van der Waals surface area (Å²) in [7, 11) is -2.22. The fraction of sp³-hybridized carbons (Fsp3) is 0.208. The number of aromatic nitrogens is 3. The maximum atomic E-state index is 12.1. The minimum Gasteiger partial charge on any atom is -0.378 e. The van der Waals surface area contributed by atoms with Crippen LogP contribution in [0.15, 0.2) is 71.8 Å². The van der Waals surface area contributed by atoms with Crippen LogP contribution in [0.1, 0.15) is 0 Å². The number of hydrogen-bond acceptors (Lipinski definition) is 6. The summed E-state index contributed by atoms with van der Waals surface area (Å²) in [5.74, 6) is 4.28. The predicted octanol–water partition coefficient (Wildman–Crippen LogP) is 3.68. The van der Waals surface area contributed by atoms with Gasteiger partial charge in [-0.15, -0.1) is 5.10 Å². The molecule has 1 aliphatic rings. The van der Waals surface area contributed by atoms with E-state index in [0.717, 1.165) is 53.7 Å². The van der Waals surface area contributed by atoms with E-state index in [1.54, 1.807) is 10.8 Å². The van der Waals surface area contributed by atoms with Crippen molar-refractivity contribution in [2.24, 2.45) is 0 Å². The van der Waals surface area contributed by atoms with Gasteiger partial charge in [-0.25, -0.2) is 4.52 Å². The Hall–Kier alpha value is -3.36. The van der Waals surface area contributed by atoms with Crippen LogP contribution >= 0.6 is 0 Å². The van der Waals surface area contributed by atoms with Crippen LogP contribution in [0.2, 0.25) is 0 Å². The molecule has 0 bridgehead atoms. The monoisotopic (exact) mass is 447 g/mol. The van der Waals surface area contributed by atoms with Crippen molar-refractivity contribution >= 4 is 38.4 Å². The fourth-order valence-corrected chi connectivity index (χ4v) is 4.46. The molecule has 1 saturated heterocycles. The van der Waals surface area contributed by atoms with Gasteiger partial charge in [-0.05, 0) is 69.5 Å². The number of ether oxygens (including phenoxy) is 1. The number of rotatable bonds is 5. The van der Waals surface area contributed by atoms with E-state index in [4.69, 9.17) is 4.74 Å². The van der Waals surface area contributed by atoms with Crippen molar-refractivity contribution in [2.45, 2.75) is 4.90 Å². The van der Waals surface area contributed by atoms with Gasteiger partial charge in [0.15, 0.2) is 5.65 Å². The van der Waals surface area contributed by atoms with Gasteiger partial charge >= 0.3 is 0 Å². The van der Waals surface area contributed by atoms with Gasteiger partial charge < -0.3 is 15.0 Å². The zero-order valence-corrected chi connectivity index (χ0v) is 18.7. The number of nitrogens with one attached hydrogen (secondary N) is 1. The van der Waals surface area contributed by atoms with Crippen molar-refractivity contribution in [1.82, 2.24) is 14.6 Å². The molecular formula is C24H25N5O2S. The molecule has 164 valence electrons. The highest BCUT2D eigenvalue weighted by atomic mass is 32.2. The Labute approximate surface area is 187 Å². The number of fused-ring (bicyclic) bond motifs is 1. The Morgan fingerprint density at radius 1 is 0.969 bits per heavy atom. The molecule has 4 aromatic rings. The molecule has 3 heterocycles. The lowest BCUT2D eigenvalue weighted by Gasteiger charge is -2.28. The molecule has 2 aromatic carbocycles. The van der Waals surface area contributed by atoms with Crippen LogP contribution in [0.3, 0.4) is 0 Å². The zero-order valence-electron chi connectivity index (χ0n) is 17.9. The first-order valence-electron chi connectivity index (χ1n) is 10.4. The Morgan fingerprint density at radius 3 is 2.34 bits per heavy atom. The van der Waals surface area contributed by atoms with Gasteiger partial charge in [0, 0.05) is 47.4 Å². The van der Waals surface area contributed by atoms with Crippen molar-refractivity contribution in [3.63, 3.8) is 0 Å². The molecule has 8 heteroatoms. The summed E-state index contributed by atoms with van der Waals surface area (Å²) in [5.41, 5.74) is 4.90. The van der Waals surface area contributed by atoms with Gasteiger partial charge in [0.25, 0.3) is 0 Å². The molecule has 7 nitrogen and oxygen atoms in total. The topological polar surface area (TPSA) is 71.8 Å². The van der Waals surface area contributed by atoms with Crippen molar-refractivity contribution < 1.29 is 8.95 Å². The van der Waals surface area contributed by atoms with Crippen molar-refractivity contribution in [3.8, 4) is 11.1 Å². The third kappa shape index (κ3) is 4.32. The van der Waals surface area contributed by atoms with Crippen LogP contribution in [0, 0.1) is 0 Å². The Morgan fingerprint density at radius 2 is 1.66 bits per heavy atom. The summed E-state index contributed by atoms with van der Waals surface area (Å²) in [4.78, 5) is 7.63. The Bertz CT molecular complexity index is 1340. The molecule has 0 saturated carbocycles. The molecule has 2 aromatic heterocycles. The molecule has 0 radical (unpaired) electrons. The van der Waals surface area contributed by atoms with Gasteiger partial charge in [-0.2, -0.15) is 4.98 Å². The molecule has 0 aliphatic carbocycles. The molecule has 1 fully saturated rings. The van der Waals surface area contributed by atoms with E-state index in [1.165, 1.54) is 5.69 Å². The molecule has 1 aliphatic heterocycles. The summed E-state index contributed by atoms with van der Waals surface area (Å²) in [6.07, 6.45) is 3.59. The van der Waals surface area contributed by atoms with E-state index in [0.29, 0.717) is 5.95 Å². The van der Waals surface area contributed by atoms with E-state index in [-0.39, 0.29) is 0 Å². The average Bonchev–Trinajstić information content (AvgIpc) is 3.21. The maximum Gasteiger partial charge on any atom is 0.247 e. The van der Waals surface area contributed by atoms with E-state index in [2.05, 4.69) is 38.3 Å². The summed E-state index contributed by atoms with van der Waals surface area (Å²) < 4.78 is 19.3. The van der Waals surface area contributed by atoms with Crippen molar-refractivity contribution in [1.29, 1.82) is 0 Å². The molecule has 1 unspecified atom stereocenters. The van der Waals surface area contributed by atoms with E-state index in [1.807, 2.05) is 54.7 Å². The summed E-state index contributed by atoms with van der Waals surface area (Å²) in [5, 5.41) is 7.86. The number of hydrogen-bond donors (Lipinski definition) is 1. The van der Waals surface area contributed by atoms with E-state index >= 15 is 0 Å². The summed E-state index contributed by atoms with van der Waals surface area (Å²) in [6, 6.07) is 19.9. The summed E-state index contributed by atoms with van der Waals surface area (Å²) in [6.45, 7) is 3.37. The van der Waals surface area contributed by atoms with Gasteiger partial charge in [0.05, 0.1) is 13.2 Å². The molecule has 0 amide bonds. The minimum absolute atomic E-state index is 0.541. The normalized spacial score (nSPS) is 16.1. The second-order valence-electron chi connectivity index (χ2n) is 7.96.